The molecular weight excluding hydrogens is 291 g/mol. The van der Waals surface area contributed by atoms with E-state index in [9.17, 15) is 0 Å². The van der Waals surface area contributed by atoms with Crippen molar-refractivity contribution in [3.8, 4) is 5.88 Å². The average Bonchev–Trinajstić information content (AvgIpc) is 2.27. The fraction of sp³-hybridized carbons (Fsp3) is 0.0909. The standard InChI is InChI=1S/C11H8BrClN2O/c12-9-3-1-2-8(4-9)7-16-11-6-14-5-10(13)15-11/h1-6H,7H2. The molecule has 0 amide bonds. The number of nitrogens with zero attached hydrogens (tertiary/aromatic N) is 2. The largest absolute Gasteiger partial charge is 0.472 e. The quantitative estimate of drug-likeness (QED) is 0.870. The van der Waals surface area contributed by atoms with Crippen LogP contribution in [0.4, 0.5) is 0 Å². The monoisotopic (exact) mass is 298 g/mol. The highest BCUT2D eigenvalue weighted by atomic mass is 79.9. The van der Waals surface area contributed by atoms with Gasteiger partial charge in [0.05, 0.1) is 12.4 Å². The molecule has 3 nitrogen and oxygen atoms in total. The summed E-state index contributed by atoms with van der Waals surface area (Å²) >= 11 is 9.09. The molecule has 16 heavy (non-hydrogen) atoms. The lowest BCUT2D eigenvalue weighted by Gasteiger charge is -2.05. The van der Waals surface area contributed by atoms with Crippen molar-refractivity contribution < 1.29 is 4.74 Å². The smallest absolute Gasteiger partial charge is 0.234 e. The minimum atomic E-state index is 0.326. The number of ether oxygens (including phenoxy) is 1. The van der Waals surface area contributed by atoms with Crippen LogP contribution in [0.3, 0.4) is 0 Å². The van der Waals surface area contributed by atoms with E-state index in [-0.39, 0.29) is 0 Å². The highest BCUT2D eigenvalue weighted by molar-refractivity contribution is 9.10. The minimum Gasteiger partial charge on any atom is -0.472 e. The van der Waals surface area contributed by atoms with E-state index < -0.39 is 0 Å². The van der Waals surface area contributed by atoms with Crippen LogP contribution in [0.1, 0.15) is 5.56 Å². The van der Waals surface area contributed by atoms with Crippen molar-refractivity contribution in [2.75, 3.05) is 0 Å². The highest BCUT2D eigenvalue weighted by Crippen LogP contribution is 2.14. The number of aromatic nitrogens is 2. The lowest BCUT2D eigenvalue weighted by atomic mass is 10.2. The van der Waals surface area contributed by atoms with Crippen LogP contribution in [0, 0.1) is 0 Å². The normalized spacial score (nSPS) is 10.1. The molecule has 0 N–H and O–H groups in total. The molecule has 0 spiro atoms. The van der Waals surface area contributed by atoms with Gasteiger partial charge >= 0.3 is 0 Å². The van der Waals surface area contributed by atoms with Crippen molar-refractivity contribution in [1.29, 1.82) is 0 Å². The molecule has 2 aromatic rings. The van der Waals surface area contributed by atoms with Gasteiger partial charge in [0.15, 0.2) is 5.15 Å². The SMILES string of the molecule is Clc1cncc(OCc2cccc(Br)c2)n1. The van der Waals surface area contributed by atoms with Gasteiger partial charge in [-0.3, -0.25) is 4.98 Å². The first-order chi connectivity index (χ1) is 7.74. The maximum Gasteiger partial charge on any atom is 0.234 e. The Kier molecular flexibility index (Phi) is 3.74. The summed E-state index contributed by atoms with van der Waals surface area (Å²) in [6.07, 6.45) is 3.00. The molecule has 0 aliphatic carbocycles. The number of rotatable bonds is 3. The Bertz CT molecular complexity index is 447. The molecule has 0 radical (unpaired) electrons. The van der Waals surface area contributed by atoms with E-state index in [1.807, 2.05) is 24.3 Å². The van der Waals surface area contributed by atoms with E-state index in [0.717, 1.165) is 10.0 Å². The van der Waals surface area contributed by atoms with Crippen LogP contribution in [0.25, 0.3) is 0 Å². The predicted molar refractivity (Wildman–Crippen MR) is 65.5 cm³/mol. The fourth-order valence-electron chi connectivity index (χ4n) is 1.18. The molecular formula is C11H8BrClN2O. The van der Waals surface area contributed by atoms with Crippen molar-refractivity contribution in [3.63, 3.8) is 0 Å². The molecule has 1 aromatic heterocycles. The van der Waals surface area contributed by atoms with E-state index in [4.69, 9.17) is 16.3 Å². The summed E-state index contributed by atoms with van der Waals surface area (Å²) in [5.74, 6) is 0.424. The molecule has 1 aromatic carbocycles. The van der Waals surface area contributed by atoms with Crippen molar-refractivity contribution in [2.45, 2.75) is 6.61 Å². The van der Waals surface area contributed by atoms with Crippen LogP contribution in [0.15, 0.2) is 41.1 Å². The number of hydrogen-bond acceptors (Lipinski definition) is 3. The van der Waals surface area contributed by atoms with Gasteiger partial charge in [0.2, 0.25) is 5.88 Å². The highest BCUT2D eigenvalue weighted by Gasteiger charge is 1.99. The van der Waals surface area contributed by atoms with Crippen molar-refractivity contribution in [3.05, 3.63) is 51.8 Å². The third kappa shape index (κ3) is 3.18. The Morgan fingerprint density at radius 2 is 2.19 bits per heavy atom. The van der Waals surface area contributed by atoms with Gasteiger partial charge in [-0.05, 0) is 17.7 Å². The molecule has 82 valence electrons. The molecule has 0 atom stereocenters. The molecule has 0 aliphatic heterocycles. The van der Waals surface area contributed by atoms with Gasteiger partial charge in [-0.15, -0.1) is 0 Å². The Hall–Kier alpha value is -1.13. The van der Waals surface area contributed by atoms with Gasteiger partial charge in [0, 0.05) is 4.47 Å². The Labute approximate surface area is 107 Å². The molecule has 0 fully saturated rings. The third-order valence-corrected chi connectivity index (χ3v) is 2.53. The van der Waals surface area contributed by atoms with Gasteiger partial charge in [0.25, 0.3) is 0 Å². The maximum absolute atomic E-state index is 5.69. The number of halogens is 2. The van der Waals surface area contributed by atoms with Crippen LogP contribution in [0.5, 0.6) is 5.88 Å². The molecule has 0 saturated carbocycles. The zero-order chi connectivity index (χ0) is 11.4. The summed E-state index contributed by atoms with van der Waals surface area (Å²) in [5.41, 5.74) is 1.05. The Morgan fingerprint density at radius 3 is 2.94 bits per heavy atom. The zero-order valence-corrected chi connectivity index (χ0v) is 10.6. The lowest BCUT2D eigenvalue weighted by molar-refractivity contribution is 0.292. The van der Waals surface area contributed by atoms with Gasteiger partial charge in [-0.25, -0.2) is 0 Å². The summed E-state index contributed by atoms with van der Waals surface area (Å²) in [6, 6.07) is 7.87. The second kappa shape index (κ2) is 5.27. The van der Waals surface area contributed by atoms with Crippen molar-refractivity contribution in [1.82, 2.24) is 9.97 Å². The molecule has 0 aliphatic rings. The van der Waals surface area contributed by atoms with Gasteiger partial charge in [-0.1, -0.05) is 39.7 Å². The molecule has 0 saturated heterocycles. The zero-order valence-electron chi connectivity index (χ0n) is 8.23. The molecule has 0 bridgehead atoms. The van der Waals surface area contributed by atoms with Crippen molar-refractivity contribution >= 4 is 27.5 Å². The molecule has 0 unspecified atom stereocenters. The predicted octanol–water partition coefficient (Wildman–Crippen LogP) is 3.47. The van der Waals surface area contributed by atoms with E-state index in [0.29, 0.717) is 17.6 Å². The van der Waals surface area contributed by atoms with E-state index in [1.54, 1.807) is 0 Å². The third-order valence-electron chi connectivity index (χ3n) is 1.86. The summed E-state index contributed by atoms with van der Waals surface area (Å²) < 4.78 is 6.47. The Balaban J connectivity index is 2.02. The second-order valence-electron chi connectivity index (χ2n) is 3.10. The second-order valence-corrected chi connectivity index (χ2v) is 4.40. The number of hydrogen-bond donors (Lipinski definition) is 0. The molecule has 5 heteroatoms. The summed E-state index contributed by atoms with van der Waals surface area (Å²) in [5, 5.41) is 0.326. The summed E-state index contributed by atoms with van der Waals surface area (Å²) in [4.78, 5) is 7.87. The van der Waals surface area contributed by atoms with Crippen LogP contribution in [-0.2, 0) is 6.61 Å². The lowest BCUT2D eigenvalue weighted by Crippen LogP contribution is -1.97. The van der Waals surface area contributed by atoms with Crippen LogP contribution in [0.2, 0.25) is 5.15 Å². The summed E-state index contributed by atoms with van der Waals surface area (Å²) in [6.45, 7) is 0.439. The van der Waals surface area contributed by atoms with Gasteiger partial charge in [0.1, 0.15) is 6.61 Å². The van der Waals surface area contributed by atoms with Crippen LogP contribution >= 0.6 is 27.5 Å². The number of benzene rings is 1. The summed E-state index contributed by atoms with van der Waals surface area (Å²) in [7, 11) is 0. The van der Waals surface area contributed by atoms with E-state index in [2.05, 4.69) is 25.9 Å². The molecule has 1 heterocycles. The van der Waals surface area contributed by atoms with Crippen molar-refractivity contribution in [2.24, 2.45) is 0 Å². The maximum atomic E-state index is 5.69. The minimum absolute atomic E-state index is 0.326. The Morgan fingerprint density at radius 1 is 1.31 bits per heavy atom. The first kappa shape index (κ1) is 11.4. The average molecular weight is 300 g/mol. The van der Waals surface area contributed by atoms with E-state index in [1.165, 1.54) is 12.4 Å². The van der Waals surface area contributed by atoms with E-state index >= 15 is 0 Å². The first-order valence-electron chi connectivity index (χ1n) is 4.59. The molecule has 2 rings (SSSR count). The van der Waals surface area contributed by atoms with Crippen LogP contribution in [-0.4, -0.2) is 9.97 Å². The van der Waals surface area contributed by atoms with Crippen LogP contribution < -0.4 is 4.74 Å². The topological polar surface area (TPSA) is 35.0 Å². The fourth-order valence-corrected chi connectivity index (χ4v) is 1.77. The first-order valence-corrected chi connectivity index (χ1v) is 5.76. The van der Waals surface area contributed by atoms with Gasteiger partial charge < -0.3 is 4.74 Å². The van der Waals surface area contributed by atoms with Gasteiger partial charge in [-0.2, -0.15) is 4.98 Å².